The molecule has 0 bridgehead atoms. The van der Waals surface area contributed by atoms with Gasteiger partial charge in [-0.1, -0.05) is 6.08 Å². The third-order valence-electron chi connectivity index (χ3n) is 3.34. The van der Waals surface area contributed by atoms with E-state index >= 15 is 0 Å². The smallest absolute Gasteiger partial charge is 0.329 e. The van der Waals surface area contributed by atoms with E-state index in [2.05, 4.69) is 15.0 Å². The van der Waals surface area contributed by atoms with Gasteiger partial charge in [-0.15, -0.1) is 0 Å². The first-order chi connectivity index (χ1) is 9.29. The number of imidazole rings is 1. The molecule has 0 unspecified atom stereocenters. The molecule has 1 fully saturated rings. The van der Waals surface area contributed by atoms with E-state index in [-0.39, 0.29) is 11.7 Å². The number of nitrogens with one attached hydrogen (secondary N) is 1. The summed E-state index contributed by atoms with van der Waals surface area (Å²) in [5.41, 5.74) is 1.80. The number of hydrogen-bond donors (Lipinski definition) is 1. The average Bonchev–Trinajstić information content (AvgIpc) is 2.75. The van der Waals surface area contributed by atoms with E-state index in [9.17, 15) is 4.79 Å². The summed E-state index contributed by atoms with van der Waals surface area (Å²) in [6.45, 7) is 3.30. The Labute approximate surface area is 110 Å². The number of allylic oxidation sites excluding steroid dienone is 1. The maximum absolute atomic E-state index is 12.1. The number of aromatic amines is 1. The zero-order valence-corrected chi connectivity index (χ0v) is 10.8. The number of H-pyrrole nitrogens is 1. The van der Waals surface area contributed by atoms with Gasteiger partial charge in [0, 0.05) is 19.3 Å². The first-order valence-electron chi connectivity index (χ1n) is 6.47. The van der Waals surface area contributed by atoms with Crippen LogP contribution in [0.4, 0.5) is 0 Å². The molecule has 100 valence electrons. The van der Waals surface area contributed by atoms with Crippen molar-refractivity contribution in [3.8, 4) is 0 Å². The van der Waals surface area contributed by atoms with Crippen molar-refractivity contribution in [3.05, 3.63) is 28.5 Å². The summed E-state index contributed by atoms with van der Waals surface area (Å²) in [5, 5.41) is 0. The van der Waals surface area contributed by atoms with Crippen LogP contribution in [0.25, 0.3) is 17.4 Å². The molecule has 6 nitrogen and oxygen atoms in total. The lowest BCUT2D eigenvalue weighted by molar-refractivity contribution is 0.0697. The molecule has 0 saturated carbocycles. The standard InChI is InChI=1S/C13H16N4O2/c1-2-3-9-8-14-11-12(15-9)17(13(18)16-11)10-4-6-19-7-5-10/h2-3,8,10H,4-7H2,1H3,(H,14,16,18). The van der Waals surface area contributed by atoms with Gasteiger partial charge in [0.2, 0.25) is 0 Å². The number of rotatable bonds is 2. The molecule has 6 heteroatoms. The van der Waals surface area contributed by atoms with Crippen LogP contribution in [0.3, 0.4) is 0 Å². The normalized spacial score (nSPS) is 17.5. The Kier molecular flexibility index (Phi) is 3.16. The second kappa shape index (κ2) is 4.97. The Morgan fingerprint density at radius 2 is 2.26 bits per heavy atom. The first-order valence-corrected chi connectivity index (χ1v) is 6.47. The minimum Gasteiger partial charge on any atom is -0.381 e. The van der Waals surface area contributed by atoms with Crippen LogP contribution in [-0.2, 0) is 4.74 Å². The van der Waals surface area contributed by atoms with Crippen molar-refractivity contribution >= 4 is 17.4 Å². The van der Waals surface area contributed by atoms with Crippen LogP contribution in [-0.4, -0.2) is 32.7 Å². The topological polar surface area (TPSA) is 72.8 Å². The highest BCUT2D eigenvalue weighted by atomic mass is 16.5. The average molecular weight is 260 g/mol. The fraction of sp³-hybridized carbons (Fsp3) is 0.462. The van der Waals surface area contributed by atoms with E-state index in [1.54, 1.807) is 10.8 Å². The molecule has 1 aliphatic heterocycles. The molecule has 19 heavy (non-hydrogen) atoms. The van der Waals surface area contributed by atoms with Crippen molar-refractivity contribution in [1.29, 1.82) is 0 Å². The molecule has 0 atom stereocenters. The Balaban J connectivity index is 2.13. The lowest BCUT2D eigenvalue weighted by Gasteiger charge is -2.22. The molecule has 0 aliphatic carbocycles. The van der Waals surface area contributed by atoms with Gasteiger partial charge in [0.1, 0.15) is 0 Å². The van der Waals surface area contributed by atoms with Crippen molar-refractivity contribution < 1.29 is 4.74 Å². The minimum absolute atomic E-state index is 0.139. The predicted octanol–water partition coefficient (Wildman–Crippen LogP) is 1.50. The molecule has 3 heterocycles. The molecule has 3 rings (SSSR count). The molecule has 1 saturated heterocycles. The molecule has 0 aromatic carbocycles. The van der Waals surface area contributed by atoms with Gasteiger partial charge in [0.25, 0.3) is 0 Å². The number of ether oxygens (including phenoxy) is 1. The SMILES string of the molecule is CC=Cc1cnc2[nH]c(=O)n(C3CCOCC3)c2n1. The highest BCUT2D eigenvalue weighted by Gasteiger charge is 2.21. The summed E-state index contributed by atoms with van der Waals surface area (Å²) >= 11 is 0. The first kappa shape index (κ1) is 12.1. The van der Waals surface area contributed by atoms with Crippen molar-refractivity contribution in [2.75, 3.05) is 13.2 Å². The Hall–Kier alpha value is -1.95. The lowest BCUT2D eigenvalue weighted by atomic mass is 10.1. The molecule has 1 N–H and O–H groups in total. The molecule has 0 radical (unpaired) electrons. The third kappa shape index (κ3) is 2.19. The van der Waals surface area contributed by atoms with Gasteiger partial charge in [-0.3, -0.25) is 9.55 Å². The lowest BCUT2D eigenvalue weighted by Crippen LogP contribution is -2.27. The number of aromatic nitrogens is 4. The highest BCUT2D eigenvalue weighted by molar-refractivity contribution is 5.67. The van der Waals surface area contributed by atoms with Crippen LogP contribution in [0.1, 0.15) is 31.5 Å². The molecule has 0 spiro atoms. The predicted molar refractivity (Wildman–Crippen MR) is 71.9 cm³/mol. The van der Waals surface area contributed by atoms with Crippen LogP contribution in [0.5, 0.6) is 0 Å². The molecule has 1 aliphatic rings. The van der Waals surface area contributed by atoms with E-state index in [1.165, 1.54) is 0 Å². The van der Waals surface area contributed by atoms with Gasteiger partial charge in [-0.2, -0.15) is 0 Å². The van der Waals surface area contributed by atoms with Gasteiger partial charge in [0.05, 0.1) is 11.9 Å². The van der Waals surface area contributed by atoms with Gasteiger partial charge >= 0.3 is 5.69 Å². The van der Waals surface area contributed by atoms with Crippen molar-refractivity contribution in [2.45, 2.75) is 25.8 Å². The van der Waals surface area contributed by atoms with E-state index in [0.717, 1.165) is 18.5 Å². The van der Waals surface area contributed by atoms with E-state index < -0.39 is 0 Å². The summed E-state index contributed by atoms with van der Waals surface area (Å²) in [7, 11) is 0. The van der Waals surface area contributed by atoms with E-state index in [1.807, 2.05) is 19.1 Å². The summed E-state index contributed by atoms with van der Waals surface area (Å²) in [6.07, 6.45) is 7.11. The van der Waals surface area contributed by atoms with Crippen molar-refractivity contribution in [1.82, 2.24) is 19.5 Å². The molecule has 0 amide bonds. The second-order valence-electron chi connectivity index (χ2n) is 4.61. The van der Waals surface area contributed by atoms with Gasteiger partial charge in [-0.05, 0) is 25.8 Å². The maximum atomic E-state index is 12.1. The monoisotopic (exact) mass is 260 g/mol. The summed E-state index contributed by atoms with van der Waals surface area (Å²) in [5.74, 6) is 0. The number of hydrogen-bond acceptors (Lipinski definition) is 4. The Morgan fingerprint density at radius 3 is 3.00 bits per heavy atom. The van der Waals surface area contributed by atoms with Gasteiger partial charge in [-0.25, -0.2) is 14.8 Å². The number of nitrogens with zero attached hydrogens (tertiary/aromatic N) is 3. The summed E-state index contributed by atoms with van der Waals surface area (Å²) in [4.78, 5) is 23.6. The van der Waals surface area contributed by atoms with Crippen LogP contribution >= 0.6 is 0 Å². The summed E-state index contributed by atoms with van der Waals surface area (Å²) < 4.78 is 7.06. The minimum atomic E-state index is -0.139. The second-order valence-corrected chi connectivity index (χ2v) is 4.61. The van der Waals surface area contributed by atoms with Crippen LogP contribution < -0.4 is 5.69 Å². The Bertz CT molecular complexity index is 665. The summed E-state index contributed by atoms with van der Waals surface area (Å²) in [6, 6.07) is 0.144. The molecule has 2 aromatic heterocycles. The van der Waals surface area contributed by atoms with Gasteiger partial charge < -0.3 is 4.74 Å². The van der Waals surface area contributed by atoms with E-state index in [4.69, 9.17) is 4.74 Å². The van der Waals surface area contributed by atoms with Crippen LogP contribution in [0.2, 0.25) is 0 Å². The van der Waals surface area contributed by atoms with Crippen molar-refractivity contribution in [2.24, 2.45) is 0 Å². The Morgan fingerprint density at radius 1 is 1.47 bits per heavy atom. The third-order valence-corrected chi connectivity index (χ3v) is 3.34. The van der Waals surface area contributed by atoms with Crippen molar-refractivity contribution in [3.63, 3.8) is 0 Å². The largest absolute Gasteiger partial charge is 0.381 e. The molecular formula is C13H16N4O2. The zero-order valence-electron chi connectivity index (χ0n) is 10.8. The van der Waals surface area contributed by atoms with Crippen LogP contribution in [0.15, 0.2) is 17.1 Å². The fourth-order valence-electron chi connectivity index (χ4n) is 2.44. The van der Waals surface area contributed by atoms with Crippen LogP contribution in [0, 0.1) is 0 Å². The number of fused-ring (bicyclic) bond motifs is 1. The zero-order chi connectivity index (χ0) is 13.2. The van der Waals surface area contributed by atoms with Gasteiger partial charge in [0.15, 0.2) is 11.3 Å². The maximum Gasteiger partial charge on any atom is 0.329 e. The molecular weight excluding hydrogens is 244 g/mol. The molecule has 2 aromatic rings. The fourth-order valence-corrected chi connectivity index (χ4v) is 2.44. The highest BCUT2D eigenvalue weighted by Crippen LogP contribution is 2.22. The van der Waals surface area contributed by atoms with E-state index in [0.29, 0.717) is 24.5 Å². The quantitative estimate of drug-likeness (QED) is 0.888.